The maximum Gasteiger partial charge on any atom is 0.409 e. The highest BCUT2D eigenvalue weighted by Gasteiger charge is 2.24. The highest BCUT2D eigenvalue weighted by molar-refractivity contribution is 5.98. The summed E-state index contributed by atoms with van der Waals surface area (Å²) in [6.45, 7) is 6.01. The SMILES string of the molecule is CCOC(=O)N1CCN(CC(=O)c2ccc3c(c2)OCCO3)CC1. The lowest BCUT2D eigenvalue weighted by Crippen LogP contribution is -2.50. The van der Waals surface area contributed by atoms with E-state index in [0.717, 1.165) is 0 Å². The van der Waals surface area contributed by atoms with Crippen LogP contribution in [0, 0.1) is 0 Å². The van der Waals surface area contributed by atoms with E-state index in [1.807, 2.05) is 0 Å². The van der Waals surface area contributed by atoms with Crippen LogP contribution in [-0.2, 0) is 4.74 Å². The number of carbonyl (C=O) groups excluding carboxylic acids is 2. The number of ether oxygens (including phenoxy) is 3. The second-order valence-electron chi connectivity index (χ2n) is 5.74. The zero-order valence-electron chi connectivity index (χ0n) is 13.8. The number of benzene rings is 1. The van der Waals surface area contributed by atoms with E-state index in [4.69, 9.17) is 14.2 Å². The molecule has 2 aliphatic rings. The number of hydrogen-bond donors (Lipinski definition) is 0. The lowest BCUT2D eigenvalue weighted by atomic mass is 10.1. The zero-order chi connectivity index (χ0) is 16.9. The molecule has 0 saturated carbocycles. The molecular weight excluding hydrogens is 312 g/mol. The Labute approximate surface area is 141 Å². The summed E-state index contributed by atoms with van der Waals surface area (Å²) in [4.78, 5) is 27.9. The second kappa shape index (κ2) is 7.53. The van der Waals surface area contributed by atoms with E-state index in [-0.39, 0.29) is 11.9 Å². The number of amides is 1. The lowest BCUT2D eigenvalue weighted by Gasteiger charge is -2.33. The van der Waals surface area contributed by atoms with Crippen LogP contribution in [0.1, 0.15) is 17.3 Å². The molecular formula is C17H22N2O5. The van der Waals surface area contributed by atoms with Gasteiger partial charge in [-0.25, -0.2) is 4.79 Å². The number of fused-ring (bicyclic) bond motifs is 1. The fourth-order valence-corrected chi connectivity index (χ4v) is 2.81. The number of nitrogens with zero attached hydrogens (tertiary/aromatic N) is 2. The summed E-state index contributed by atoms with van der Waals surface area (Å²) in [5, 5.41) is 0. The highest BCUT2D eigenvalue weighted by Crippen LogP contribution is 2.30. The van der Waals surface area contributed by atoms with E-state index in [9.17, 15) is 9.59 Å². The second-order valence-corrected chi connectivity index (χ2v) is 5.74. The van der Waals surface area contributed by atoms with E-state index in [2.05, 4.69) is 4.90 Å². The van der Waals surface area contributed by atoms with Crippen LogP contribution < -0.4 is 9.47 Å². The van der Waals surface area contributed by atoms with Crippen LogP contribution >= 0.6 is 0 Å². The van der Waals surface area contributed by atoms with Gasteiger partial charge in [-0.3, -0.25) is 9.69 Å². The minimum absolute atomic E-state index is 0.0385. The summed E-state index contributed by atoms with van der Waals surface area (Å²) in [6, 6.07) is 5.29. The molecule has 0 N–H and O–H groups in total. The Kier molecular flexibility index (Phi) is 5.20. The van der Waals surface area contributed by atoms with Crippen LogP contribution in [0.25, 0.3) is 0 Å². The molecule has 1 aromatic rings. The number of carbonyl (C=O) groups is 2. The van der Waals surface area contributed by atoms with Crippen molar-refractivity contribution >= 4 is 11.9 Å². The Balaban J connectivity index is 1.53. The van der Waals surface area contributed by atoms with Crippen molar-refractivity contribution < 1.29 is 23.8 Å². The summed E-state index contributed by atoms with van der Waals surface area (Å²) in [7, 11) is 0. The molecule has 1 fully saturated rings. The number of Topliss-reactive ketones (excluding diaryl/α,β-unsaturated/α-hetero) is 1. The summed E-state index contributed by atoms with van der Waals surface area (Å²) in [6.07, 6.45) is -0.282. The number of rotatable bonds is 4. The molecule has 130 valence electrons. The van der Waals surface area contributed by atoms with E-state index in [0.29, 0.717) is 69.6 Å². The van der Waals surface area contributed by atoms with Crippen molar-refractivity contribution in [3.8, 4) is 11.5 Å². The Morgan fingerprint density at radius 1 is 1.08 bits per heavy atom. The minimum Gasteiger partial charge on any atom is -0.486 e. The predicted octanol–water partition coefficient (Wildman–Crippen LogP) is 1.41. The molecule has 2 heterocycles. The van der Waals surface area contributed by atoms with E-state index >= 15 is 0 Å². The Bertz CT molecular complexity index is 611. The van der Waals surface area contributed by atoms with Gasteiger partial charge in [0.15, 0.2) is 17.3 Å². The third-order valence-electron chi connectivity index (χ3n) is 4.13. The van der Waals surface area contributed by atoms with Crippen molar-refractivity contribution in [1.29, 1.82) is 0 Å². The number of ketones is 1. The quantitative estimate of drug-likeness (QED) is 0.776. The third-order valence-corrected chi connectivity index (χ3v) is 4.13. The molecule has 0 aromatic heterocycles. The number of hydrogen-bond acceptors (Lipinski definition) is 6. The highest BCUT2D eigenvalue weighted by atomic mass is 16.6. The third kappa shape index (κ3) is 3.79. The molecule has 3 rings (SSSR count). The van der Waals surface area contributed by atoms with Gasteiger partial charge in [0.05, 0.1) is 13.2 Å². The molecule has 24 heavy (non-hydrogen) atoms. The average Bonchev–Trinajstić information content (AvgIpc) is 2.62. The monoisotopic (exact) mass is 334 g/mol. The van der Waals surface area contributed by atoms with Gasteiger partial charge in [-0.15, -0.1) is 0 Å². The predicted molar refractivity (Wildman–Crippen MR) is 86.8 cm³/mol. The van der Waals surface area contributed by atoms with E-state index in [1.54, 1.807) is 30.0 Å². The minimum atomic E-state index is -0.282. The van der Waals surface area contributed by atoms with Gasteiger partial charge in [-0.2, -0.15) is 0 Å². The largest absolute Gasteiger partial charge is 0.486 e. The first kappa shape index (κ1) is 16.6. The van der Waals surface area contributed by atoms with Crippen molar-refractivity contribution in [3.05, 3.63) is 23.8 Å². The van der Waals surface area contributed by atoms with Crippen molar-refractivity contribution in [2.75, 3.05) is 52.5 Å². The van der Waals surface area contributed by atoms with Crippen molar-refractivity contribution in [3.63, 3.8) is 0 Å². The Hall–Kier alpha value is -2.28. The summed E-state index contributed by atoms with van der Waals surface area (Å²) >= 11 is 0. The molecule has 0 spiro atoms. The lowest BCUT2D eigenvalue weighted by molar-refractivity contribution is 0.0732. The van der Waals surface area contributed by atoms with Crippen LogP contribution in [0.15, 0.2) is 18.2 Å². The summed E-state index contributed by atoms with van der Waals surface area (Å²) in [5.41, 5.74) is 0.618. The van der Waals surface area contributed by atoms with Gasteiger partial charge in [0.1, 0.15) is 13.2 Å². The van der Waals surface area contributed by atoms with Crippen LogP contribution in [-0.4, -0.2) is 74.2 Å². The molecule has 1 aromatic carbocycles. The van der Waals surface area contributed by atoms with Crippen LogP contribution in [0.4, 0.5) is 4.79 Å². The summed E-state index contributed by atoms with van der Waals surface area (Å²) in [5.74, 6) is 1.34. The Morgan fingerprint density at radius 3 is 2.50 bits per heavy atom. The molecule has 0 atom stereocenters. The van der Waals surface area contributed by atoms with E-state index < -0.39 is 0 Å². The standard InChI is InChI=1S/C17H22N2O5/c1-2-22-17(21)19-7-5-18(6-8-19)12-14(20)13-3-4-15-16(11-13)24-10-9-23-15/h3-4,11H,2,5-10,12H2,1H3. The smallest absolute Gasteiger partial charge is 0.409 e. The molecule has 7 heteroatoms. The van der Waals surface area contributed by atoms with E-state index in [1.165, 1.54) is 0 Å². The fourth-order valence-electron chi connectivity index (χ4n) is 2.81. The average molecular weight is 334 g/mol. The van der Waals surface area contributed by atoms with Gasteiger partial charge >= 0.3 is 6.09 Å². The van der Waals surface area contributed by atoms with Gasteiger partial charge in [0.2, 0.25) is 0 Å². The maximum atomic E-state index is 12.5. The fraction of sp³-hybridized carbons (Fsp3) is 0.529. The van der Waals surface area contributed by atoms with Crippen molar-refractivity contribution in [1.82, 2.24) is 9.80 Å². The molecule has 0 bridgehead atoms. The number of piperazine rings is 1. The van der Waals surface area contributed by atoms with Crippen LogP contribution in [0.5, 0.6) is 11.5 Å². The molecule has 1 amide bonds. The van der Waals surface area contributed by atoms with Gasteiger partial charge in [0, 0.05) is 31.7 Å². The molecule has 0 unspecified atom stereocenters. The van der Waals surface area contributed by atoms with Gasteiger partial charge < -0.3 is 19.1 Å². The van der Waals surface area contributed by atoms with Gasteiger partial charge in [0.25, 0.3) is 0 Å². The first-order chi connectivity index (χ1) is 11.7. The van der Waals surface area contributed by atoms with Crippen molar-refractivity contribution in [2.24, 2.45) is 0 Å². The Morgan fingerprint density at radius 2 is 1.79 bits per heavy atom. The maximum absolute atomic E-state index is 12.5. The molecule has 2 aliphatic heterocycles. The molecule has 0 aliphatic carbocycles. The normalized spacial score (nSPS) is 17.5. The first-order valence-electron chi connectivity index (χ1n) is 8.24. The van der Waals surface area contributed by atoms with Crippen LogP contribution in [0.3, 0.4) is 0 Å². The molecule has 7 nitrogen and oxygen atoms in total. The van der Waals surface area contributed by atoms with Crippen molar-refractivity contribution in [2.45, 2.75) is 6.92 Å². The molecule has 0 radical (unpaired) electrons. The van der Waals surface area contributed by atoms with Gasteiger partial charge in [-0.1, -0.05) is 0 Å². The summed E-state index contributed by atoms with van der Waals surface area (Å²) < 4.78 is 16.0. The molecule has 1 saturated heterocycles. The van der Waals surface area contributed by atoms with Crippen LogP contribution in [0.2, 0.25) is 0 Å². The zero-order valence-corrected chi connectivity index (χ0v) is 13.8. The first-order valence-corrected chi connectivity index (χ1v) is 8.24. The topological polar surface area (TPSA) is 68.3 Å². The van der Waals surface area contributed by atoms with Gasteiger partial charge in [-0.05, 0) is 25.1 Å².